The SMILES string of the molecule is O=S(=O)(NC1CCC(O)CC1)NC1CC1. The van der Waals surface area contributed by atoms with E-state index in [1.54, 1.807) is 0 Å². The van der Waals surface area contributed by atoms with Crippen LogP contribution in [0.1, 0.15) is 38.5 Å². The molecule has 5 nitrogen and oxygen atoms in total. The first kappa shape index (κ1) is 11.3. The van der Waals surface area contributed by atoms with Gasteiger partial charge in [-0.1, -0.05) is 0 Å². The lowest BCUT2D eigenvalue weighted by Gasteiger charge is -2.25. The molecule has 6 heteroatoms. The number of aliphatic hydroxyl groups excluding tert-OH is 1. The first-order valence-electron chi connectivity index (χ1n) is 5.53. The molecule has 0 aromatic carbocycles. The van der Waals surface area contributed by atoms with Crippen LogP contribution in [-0.4, -0.2) is 31.7 Å². The second-order valence-corrected chi connectivity index (χ2v) is 6.00. The van der Waals surface area contributed by atoms with E-state index >= 15 is 0 Å². The molecule has 0 aromatic heterocycles. The van der Waals surface area contributed by atoms with Crippen molar-refractivity contribution in [2.24, 2.45) is 0 Å². The van der Waals surface area contributed by atoms with Crippen LogP contribution < -0.4 is 9.44 Å². The molecule has 0 unspecified atom stereocenters. The summed E-state index contributed by atoms with van der Waals surface area (Å²) in [6.45, 7) is 0. The van der Waals surface area contributed by atoms with Crippen LogP contribution in [0.15, 0.2) is 0 Å². The van der Waals surface area contributed by atoms with Gasteiger partial charge in [-0.3, -0.25) is 0 Å². The third-order valence-electron chi connectivity index (χ3n) is 2.92. The summed E-state index contributed by atoms with van der Waals surface area (Å²) in [5.74, 6) is 0. The quantitative estimate of drug-likeness (QED) is 0.634. The van der Waals surface area contributed by atoms with Crippen LogP contribution in [0.25, 0.3) is 0 Å². The molecule has 2 aliphatic carbocycles. The van der Waals surface area contributed by atoms with Crippen molar-refractivity contribution in [2.45, 2.75) is 56.7 Å². The summed E-state index contributed by atoms with van der Waals surface area (Å²) in [5.41, 5.74) is 0. The van der Waals surface area contributed by atoms with Gasteiger partial charge in [-0.15, -0.1) is 0 Å². The van der Waals surface area contributed by atoms with Gasteiger partial charge < -0.3 is 5.11 Å². The Morgan fingerprint density at radius 2 is 1.27 bits per heavy atom. The molecule has 0 bridgehead atoms. The minimum Gasteiger partial charge on any atom is -0.393 e. The van der Waals surface area contributed by atoms with Crippen molar-refractivity contribution in [2.75, 3.05) is 0 Å². The zero-order chi connectivity index (χ0) is 10.9. The average molecular weight is 234 g/mol. The van der Waals surface area contributed by atoms with Crippen molar-refractivity contribution in [1.82, 2.24) is 9.44 Å². The van der Waals surface area contributed by atoms with Gasteiger partial charge in [0.25, 0.3) is 10.2 Å². The van der Waals surface area contributed by atoms with E-state index < -0.39 is 10.2 Å². The smallest absolute Gasteiger partial charge is 0.277 e. The molecule has 2 saturated carbocycles. The molecule has 0 radical (unpaired) electrons. The molecule has 15 heavy (non-hydrogen) atoms. The molecule has 88 valence electrons. The van der Waals surface area contributed by atoms with Crippen LogP contribution in [-0.2, 0) is 10.2 Å². The summed E-state index contributed by atoms with van der Waals surface area (Å²) >= 11 is 0. The highest BCUT2D eigenvalue weighted by molar-refractivity contribution is 7.87. The Labute approximate surface area is 90.4 Å². The maximum absolute atomic E-state index is 11.5. The second-order valence-electron chi connectivity index (χ2n) is 4.52. The fourth-order valence-electron chi connectivity index (χ4n) is 1.87. The van der Waals surface area contributed by atoms with E-state index in [0.29, 0.717) is 12.8 Å². The van der Waals surface area contributed by atoms with Gasteiger partial charge in [-0.05, 0) is 38.5 Å². The largest absolute Gasteiger partial charge is 0.393 e. The summed E-state index contributed by atoms with van der Waals surface area (Å²) < 4.78 is 28.3. The summed E-state index contributed by atoms with van der Waals surface area (Å²) in [7, 11) is -3.32. The van der Waals surface area contributed by atoms with Crippen molar-refractivity contribution < 1.29 is 13.5 Å². The van der Waals surface area contributed by atoms with E-state index in [1.165, 1.54) is 0 Å². The van der Waals surface area contributed by atoms with Crippen LogP contribution in [0.5, 0.6) is 0 Å². The number of hydrogen-bond acceptors (Lipinski definition) is 3. The maximum Gasteiger partial charge on any atom is 0.277 e. The Hall–Kier alpha value is -0.170. The molecule has 2 rings (SSSR count). The molecule has 0 heterocycles. The van der Waals surface area contributed by atoms with Crippen LogP contribution in [0.2, 0.25) is 0 Å². The van der Waals surface area contributed by atoms with E-state index in [-0.39, 0.29) is 18.2 Å². The lowest BCUT2D eigenvalue weighted by atomic mass is 9.94. The molecule has 2 aliphatic rings. The van der Waals surface area contributed by atoms with Gasteiger partial charge >= 0.3 is 0 Å². The predicted molar refractivity (Wildman–Crippen MR) is 56.5 cm³/mol. The lowest BCUT2D eigenvalue weighted by Crippen LogP contribution is -2.45. The molecule has 0 spiro atoms. The molecule has 0 aliphatic heterocycles. The number of aliphatic hydroxyl groups is 1. The Bertz CT molecular complexity index is 305. The standard InChI is InChI=1S/C9H18N2O3S/c12-9-5-3-8(4-6-9)11-15(13,14)10-7-1-2-7/h7-12H,1-6H2. The van der Waals surface area contributed by atoms with Crippen LogP contribution in [0, 0.1) is 0 Å². The summed E-state index contributed by atoms with van der Waals surface area (Å²) in [6, 6.07) is 0.140. The highest BCUT2D eigenvalue weighted by Crippen LogP contribution is 2.21. The molecule has 0 atom stereocenters. The first-order valence-corrected chi connectivity index (χ1v) is 7.01. The Morgan fingerprint density at radius 1 is 0.867 bits per heavy atom. The predicted octanol–water partition coefficient (Wildman–Crippen LogP) is -0.124. The summed E-state index contributed by atoms with van der Waals surface area (Å²) in [6.07, 6.45) is 4.49. The van der Waals surface area contributed by atoms with E-state index in [9.17, 15) is 13.5 Å². The second kappa shape index (κ2) is 4.37. The minimum atomic E-state index is -3.32. The lowest BCUT2D eigenvalue weighted by molar-refractivity contribution is 0.120. The Morgan fingerprint density at radius 3 is 1.67 bits per heavy atom. The van der Waals surface area contributed by atoms with Crippen molar-refractivity contribution in [3.8, 4) is 0 Å². The van der Waals surface area contributed by atoms with E-state index in [2.05, 4.69) is 9.44 Å². The van der Waals surface area contributed by atoms with Gasteiger partial charge in [0.15, 0.2) is 0 Å². The van der Waals surface area contributed by atoms with Gasteiger partial charge in [0, 0.05) is 12.1 Å². The third kappa shape index (κ3) is 3.71. The van der Waals surface area contributed by atoms with Crippen molar-refractivity contribution in [3.63, 3.8) is 0 Å². The van der Waals surface area contributed by atoms with Gasteiger partial charge in [-0.2, -0.15) is 17.9 Å². The highest BCUT2D eigenvalue weighted by Gasteiger charge is 2.29. The summed E-state index contributed by atoms with van der Waals surface area (Å²) in [5, 5.41) is 9.29. The molecular formula is C9H18N2O3S. The van der Waals surface area contributed by atoms with E-state index in [1.807, 2.05) is 0 Å². The fourth-order valence-corrected chi connectivity index (χ4v) is 3.28. The van der Waals surface area contributed by atoms with Gasteiger partial charge in [0.05, 0.1) is 6.10 Å². The van der Waals surface area contributed by atoms with Gasteiger partial charge in [0.2, 0.25) is 0 Å². The first-order chi connectivity index (χ1) is 7.05. The Kier molecular flexibility index (Phi) is 3.30. The van der Waals surface area contributed by atoms with Crippen molar-refractivity contribution in [3.05, 3.63) is 0 Å². The third-order valence-corrected chi connectivity index (χ3v) is 4.20. The minimum absolute atomic E-state index is 0.00958. The zero-order valence-electron chi connectivity index (χ0n) is 8.65. The van der Waals surface area contributed by atoms with Gasteiger partial charge in [-0.25, -0.2) is 0 Å². The fraction of sp³-hybridized carbons (Fsp3) is 1.00. The van der Waals surface area contributed by atoms with E-state index in [4.69, 9.17) is 0 Å². The molecule has 3 N–H and O–H groups in total. The highest BCUT2D eigenvalue weighted by atomic mass is 32.2. The van der Waals surface area contributed by atoms with Crippen molar-refractivity contribution >= 4 is 10.2 Å². The summed E-state index contributed by atoms with van der Waals surface area (Å²) in [4.78, 5) is 0. The Balaban J connectivity index is 1.79. The van der Waals surface area contributed by atoms with Crippen molar-refractivity contribution in [1.29, 1.82) is 0 Å². The van der Waals surface area contributed by atoms with Gasteiger partial charge in [0.1, 0.15) is 0 Å². The monoisotopic (exact) mass is 234 g/mol. The number of hydrogen-bond donors (Lipinski definition) is 3. The van der Waals surface area contributed by atoms with Crippen LogP contribution >= 0.6 is 0 Å². The maximum atomic E-state index is 11.5. The number of rotatable bonds is 4. The van der Waals surface area contributed by atoms with E-state index in [0.717, 1.165) is 25.7 Å². The normalized spacial score (nSPS) is 32.9. The molecular weight excluding hydrogens is 216 g/mol. The zero-order valence-corrected chi connectivity index (χ0v) is 9.46. The molecule has 0 amide bonds. The topological polar surface area (TPSA) is 78.4 Å². The molecule has 2 fully saturated rings. The van der Waals surface area contributed by atoms with Crippen LogP contribution in [0.3, 0.4) is 0 Å². The molecule has 0 aromatic rings. The number of nitrogens with one attached hydrogen (secondary N) is 2. The molecule has 0 saturated heterocycles. The van der Waals surface area contributed by atoms with Crippen LogP contribution in [0.4, 0.5) is 0 Å². The average Bonchev–Trinajstić information content (AvgIpc) is 2.91.